The average Bonchev–Trinajstić information content (AvgIpc) is 3.76. The van der Waals surface area contributed by atoms with Gasteiger partial charge < -0.3 is 29.2 Å². The second-order valence-electron chi connectivity index (χ2n) is 17.9. The molecule has 4 aromatic rings. The molecule has 2 amide bonds. The quantitative estimate of drug-likeness (QED) is 0.196. The number of benzene rings is 1. The molecule has 4 aliphatic rings. The number of aryl methyl sites for hydroxylation is 1. The number of ether oxygens (including phenoxy) is 2. The molecule has 2 N–H and O–H groups in total. The first-order valence-corrected chi connectivity index (χ1v) is 22.3. The van der Waals surface area contributed by atoms with Crippen molar-refractivity contribution in [3.8, 4) is 22.5 Å². The van der Waals surface area contributed by atoms with Gasteiger partial charge in [0.25, 0.3) is 5.91 Å². The molecule has 1 saturated carbocycles. The summed E-state index contributed by atoms with van der Waals surface area (Å²) in [5.41, 5.74) is 10.9. The summed E-state index contributed by atoms with van der Waals surface area (Å²) in [6.45, 7) is 15.9. The Morgan fingerprint density at radius 1 is 1.06 bits per heavy atom. The molecule has 356 valence electrons. The lowest BCUT2D eigenvalue weighted by Crippen LogP contribution is -2.60. The van der Waals surface area contributed by atoms with Crippen LogP contribution in [0.25, 0.3) is 33.4 Å². The zero-order chi connectivity index (χ0) is 41.6. The van der Waals surface area contributed by atoms with Gasteiger partial charge in [-0.2, -0.15) is 67.5 Å². The number of esters is 1. The lowest BCUT2D eigenvalue weighted by Gasteiger charge is -2.35. The summed E-state index contributed by atoms with van der Waals surface area (Å²) in [6.07, 6.45) is 5.69. The average molecular weight is 996 g/mol. The highest BCUT2D eigenvalue weighted by Crippen LogP contribution is 2.43. The highest BCUT2D eigenvalue weighted by molar-refractivity contribution is 7.60. The van der Waals surface area contributed by atoms with Crippen LogP contribution in [0.4, 0.5) is 5.69 Å². The normalized spacial score (nSPS) is 22.7. The maximum absolute atomic E-state index is 14.1. The van der Waals surface area contributed by atoms with Crippen LogP contribution in [0.5, 0.6) is 0 Å². The molecule has 6 bridgehead atoms. The number of methoxy groups -OCH3 is 1. The minimum absolute atomic E-state index is 0. The molecule has 3 aromatic heterocycles. The molecular formula is C45H70N8O5S6. The summed E-state index contributed by atoms with van der Waals surface area (Å²) >= 11 is 1.49. The number of likely N-dealkylation sites (N-methyl/N-ethyl adjacent to an activating group) is 1. The van der Waals surface area contributed by atoms with E-state index >= 15 is 0 Å². The maximum atomic E-state index is 14.1. The predicted molar refractivity (Wildman–Crippen MR) is 283 cm³/mol. The topological polar surface area (TPSA) is 134 Å². The van der Waals surface area contributed by atoms with E-state index < -0.39 is 17.5 Å². The van der Waals surface area contributed by atoms with Crippen molar-refractivity contribution in [2.45, 2.75) is 97.9 Å². The van der Waals surface area contributed by atoms with Gasteiger partial charge in [0.15, 0.2) is 0 Å². The Morgan fingerprint density at radius 2 is 1.81 bits per heavy atom. The number of nitrogens with zero attached hydrogens (tertiary/aromatic N) is 6. The van der Waals surface area contributed by atoms with Crippen LogP contribution in [0, 0.1) is 17.3 Å². The van der Waals surface area contributed by atoms with Crippen molar-refractivity contribution in [1.82, 2.24) is 35.2 Å². The van der Waals surface area contributed by atoms with Gasteiger partial charge in [0, 0.05) is 85.0 Å². The Balaban J connectivity index is 0.00000218. The minimum Gasteiger partial charge on any atom is -0.464 e. The predicted octanol–water partition coefficient (Wildman–Crippen LogP) is 6.56. The first-order chi connectivity index (χ1) is 28.3. The second-order valence-corrected chi connectivity index (χ2v) is 18.9. The number of nitrogens with one attached hydrogen (secondary N) is 2. The van der Waals surface area contributed by atoms with E-state index in [2.05, 4.69) is 91.0 Å². The fraction of sp³-hybridized carbons (Fsp3) is 0.578. The van der Waals surface area contributed by atoms with E-state index in [0.29, 0.717) is 31.7 Å². The molecule has 1 aliphatic carbocycles. The molecule has 19 heteroatoms. The molecule has 1 aromatic carbocycles. The number of carbonyl (C=O) groups excluding carboxylic acids is 3. The summed E-state index contributed by atoms with van der Waals surface area (Å²) in [5.74, 6) is -0.560. The van der Waals surface area contributed by atoms with Crippen LogP contribution < -0.4 is 15.6 Å². The van der Waals surface area contributed by atoms with Gasteiger partial charge in [-0.1, -0.05) is 26.8 Å². The van der Waals surface area contributed by atoms with Crippen LogP contribution in [0.2, 0.25) is 0 Å². The number of fused-ring (bicyclic) bond motifs is 6. The van der Waals surface area contributed by atoms with E-state index in [9.17, 15) is 14.4 Å². The van der Waals surface area contributed by atoms with Crippen LogP contribution >= 0.6 is 78.8 Å². The standard InChI is InChI=1S/C45H60N8O5S.5H2S/c1-8-52-38-13-12-29-20-32(38)34(41(52)33-21-30(24-46-40(33)28(3)57-7)51-15-10-14-50(6)17-18-51)23-45(4,5)26-58-44(56)35-11-9-16-53(49-35)43(55)36(22-39-47-37(29)25-59-39)48-42(54)31-19-27(31)2;;;;;/h12-13,20-21,24-25,27-28,31,35-36,49H,8-11,14-19,22-23,26H2,1-7H3,(H,48,54);5*1H2/t27-,28-,31-,35-,36-;;;;;/m0...../s1. The summed E-state index contributed by atoms with van der Waals surface area (Å²) < 4.78 is 14.5. The molecule has 8 rings (SSSR count). The van der Waals surface area contributed by atoms with Gasteiger partial charge in [0.05, 0.1) is 46.7 Å². The van der Waals surface area contributed by atoms with Gasteiger partial charge >= 0.3 is 5.97 Å². The molecule has 64 heavy (non-hydrogen) atoms. The first kappa shape index (κ1) is 55.7. The van der Waals surface area contributed by atoms with Crippen molar-refractivity contribution in [3.05, 3.63) is 52.1 Å². The number of rotatable bonds is 7. The third-order valence-electron chi connectivity index (χ3n) is 12.8. The highest BCUT2D eigenvalue weighted by atomic mass is 32.1. The van der Waals surface area contributed by atoms with Crippen LogP contribution in [0.15, 0.2) is 35.8 Å². The number of hydrogen-bond donors (Lipinski definition) is 2. The van der Waals surface area contributed by atoms with Crippen LogP contribution in [-0.2, 0) is 43.2 Å². The number of hydrogen-bond acceptors (Lipinski definition) is 11. The number of carbonyl (C=O) groups is 3. The van der Waals surface area contributed by atoms with Crippen molar-refractivity contribution >= 4 is 113 Å². The number of amides is 2. The Morgan fingerprint density at radius 3 is 2.52 bits per heavy atom. The first-order valence-electron chi connectivity index (χ1n) is 21.4. The van der Waals surface area contributed by atoms with E-state index in [-0.39, 0.29) is 110 Å². The number of pyridine rings is 1. The van der Waals surface area contributed by atoms with Crippen LogP contribution in [-0.4, -0.2) is 108 Å². The van der Waals surface area contributed by atoms with Gasteiger partial charge in [-0.15, -0.1) is 11.3 Å². The molecule has 3 fully saturated rings. The molecule has 0 spiro atoms. The van der Waals surface area contributed by atoms with E-state index in [0.717, 1.165) is 101 Å². The Bertz CT molecular complexity index is 2240. The molecule has 2 saturated heterocycles. The van der Waals surface area contributed by atoms with Gasteiger partial charge in [0.2, 0.25) is 5.91 Å². The SMILES string of the molecule is CCn1c(-c2cc(N3CCCN(C)CC3)cnc2[C@H](C)OC)c2c3cc(ccc31)-c1csc(n1)C[C@H](NC(=O)[C@H]1C[C@@H]1C)C(=O)N1CCC[C@H](N1)C(=O)OCC(C)(C)C2.S.S.S.S.S. The Labute approximate surface area is 417 Å². The molecule has 3 aliphatic heterocycles. The Kier molecular flexibility index (Phi) is 20.4. The largest absolute Gasteiger partial charge is 0.464 e. The number of anilines is 1. The third kappa shape index (κ3) is 11.9. The fourth-order valence-electron chi connectivity index (χ4n) is 9.04. The number of cyclic esters (lactones) is 1. The number of thiazole rings is 1. The van der Waals surface area contributed by atoms with E-state index in [4.69, 9.17) is 19.4 Å². The van der Waals surface area contributed by atoms with Crippen molar-refractivity contribution in [2.75, 3.05) is 58.4 Å². The summed E-state index contributed by atoms with van der Waals surface area (Å²) in [4.78, 5) is 56.3. The van der Waals surface area contributed by atoms with Crippen LogP contribution in [0.1, 0.15) is 82.7 Å². The van der Waals surface area contributed by atoms with E-state index in [1.165, 1.54) is 16.3 Å². The number of aromatic nitrogens is 3. The minimum atomic E-state index is -0.826. The molecular weight excluding hydrogens is 925 g/mol. The molecule has 0 radical (unpaired) electrons. The third-order valence-corrected chi connectivity index (χ3v) is 13.6. The smallest absolute Gasteiger partial charge is 0.324 e. The highest BCUT2D eigenvalue weighted by Gasteiger charge is 2.42. The molecule has 0 unspecified atom stereocenters. The zero-order valence-electron chi connectivity index (χ0n) is 38.2. The number of hydrazine groups is 1. The van der Waals surface area contributed by atoms with Crippen molar-refractivity contribution in [2.24, 2.45) is 17.3 Å². The maximum Gasteiger partial charge on any atom is 0.324 e. The van der Waals surface area contributed by atoms with Gasteiger partial charge in [-0.05, 0) is 89.2 Å². The van der Waals surface area contributed by atoms with E-state index in [1.807, 2.05) is 11.6 Å². The molecule has 13 nitrogen and oxygen atoms in total. The second kappa shape index (κ2) is 23.4. The molecule has 5 atom stereocenters. The van der Waals surface area contributed by atoms with E-state index in [1.54, 1.807) is 7.11 Å². The summed E-state index contributed by atoms with van der Waals surface area (Å²) in [7, 11) is 3.92. The lowest BCUT2D eigenvalue weighted by atomic mass is 9.84. The van der Waals surface area contributed by atoms with Crippen molar-refractivity contribution < 1.29 is 23.9 Å². The monoisotopic (exact) mass is 994 g/mol. The van der Waals surface area contributed by atoms with Gasteiger partial charge in [0.1, 0.15) is 12.1 Å². The summed E-state index contributed by atoms with van der Waals surface area (Å²) in [5, 5.41) is 8.47. The zero-order valence-corrected chi connectivity index (χ0v) is 44.0. The van der Waals surface area contributed by atoms with Gasteiger partial charge in [-0.3, -0.25) is 24.4 Å². The Hall–Kier alpha value is -2.62. The lowest BCUT2D eigenvalue weighted by molar-refractivity contribution is -0.155. The van der Waals surface area contributed by atoms with Crippen molar-refractivity contribution in [3.63, 3.8) is 0 Å². The molecule has 6 heterocycles. The van der Waals surface area contributed by atoms with Crippen LogP contribution in [0.3, 0.4) is 0 Å². The fourth-order valence-corrected chi connectivity index (χ4v) is 9.89. The summed E-state index contributed by atoms with van der Waals surface area (Å²) in [6, 6.07) is 7.37. The van der Waals surface area contributed by atoms with Gasteiger partial charge in [-0.25, -0.2) is 10.4 Å². The van der Waals surface area contributed by atoms with Crippen molar-refractivity contribution in [1.29, 1.82) is 0 Å².